The first-order valence-electron chi connectivity index (χ1n) is 7.57. The Labute approximate surface area is 140 Å². The maximum atomic E-state index is 13.1. The van der Waals surface area contributed by atoms with Crippen molar-refractivity contribution in [2.24, 2.45) is 0 Å². The molecule has 0 radical (unpaired) electrons. The first kappa shape index (κ1) is 16.8. The molecule has 1 aromatic heterocycles. The Morgan fingerprint density at radius 1 is 1.26 bits per heavy atom. The zero-order chi connectivity index (χ0) is 16.8. The number of amides is 1. The largest absolute Gasteiger partial charge is 0.436 e. The van der Waals surface area contributed by atoms with E-state index in [0.717, 1.165) is 25.9 Å². The Kier molecular flexibility index (Phi) is 4.43. The Morgan fingerprint density at radius 3 is 2.39 bits per heavy atom. The van der Waals surface area contributed by atoms with Gasteiger partial charge in [-0.15, -0.1) is 0 Å². The van der Waals surface area contributed by atoms with Crippen molar-refractivity contribution in [3.05, 3.63) is 15.9 Å². The molecule has 0 spiro atoms. The zero-order valence-electron chi connectivity index (χ0n) is 12.7. The lowest BCUT2D eigenvalue weighted by atomic mass is 10.2. The number of nitrogens with zero attached hydrogens (tertiary/aromatic N) is 4. The van der Waals surface area contributed by atoms with Crippen molar-refractivity contribution in [1.82, 2.24) is 19.6 Å². The first-order valence-corrected chi connectivity index (χ1v) is 8.36. The van der Waals surface area contributed by atoms with Crippen LogP contribution in [0.5, 0.6) is 0 Å². The van der Waals surface area contributed by atoms with Gasteiger partial charge >= 0.3 is 6.18 Å². The molecular weight excluding hydrogens is 377 g/mol. The predicted octanol–water partition coefficient (Wildman–Crippen LogP) is 2.32. The summed E-state index contributed by atoms with van der Waals surface area (Å²) < 4.78 is 40.4. The van der Waals surface area contributed by atoms with Crippen LogP contribution in [-0.4, -0.2) is 58.7 Å². The summed E-state index contributed by atoms with van der Waals surface area (Å²) in [4.78, 5) is 16.2. The van der Waals surface area contributed by atoms with Crippen molar-refractivity contribution < 1.29 is 18.0 Å². The average Bonchev–Trinajstić information content (AvgIpc) is 3.23. The molecular formula is C14H18BrF3N4O. The van der Waals surface area contributed by atoms with Gasteiger partial charge in [0, 0.05) is 32.1 Å². The molecule has 3 rings (SSSR count). The molecule has 1 saturated carbocycles. The van der Waals surface area contributed by atoms with Crippen LogP contribution < -0.4 is 0 Å². The van der Waals surface area contributed by atoms with Gasteiger partial charge < -0.3 is 9.80 Å². The van der Waals surface area contributed by atoms with E-state index in [1.54, 1.807) is 4.90 Å². The highest BCUT2D eigenvalue weighted by Crippen LogP contribution is 2.46. The minimum Gasteiger partial charge on any atom is -0.339 e. The lowest BCUT2D eigenvalue weighted by molar-refractivity contribution is -0.142. The topological polar surface area (TPSA) is 41.4 Å². The van der Waals surface area contributed by atoms with E-state index in [1.165, 1.54) is 4.68 Å². The van der Waals surface area contributed by atoms with Crippen LogP contribution in [-0.2, 0) is 17.5 Å². The molecule has 2 fully saturated rings. The number of aromatic nitrogens is 2. The molecule has 1 amide bonds. The number of hydrogen-bond acceptors (Lipinski definition) is 3. The highest BCUT2D eigenvalue weighted by Gasteiger charge is 2.42. The number of halogens is 4. The van der Waals surface area contributed by atoms with E-state index in [0.29, 0.717) is 18.8 Å². The summed E-state index contributed by atoms with van der Waals surface area (Å²) in [6, 6.07) is 0. The molecule has 9 heteroatoms. The Morgan fingerprint density at radius 2 is 1.87 bits per heavy atom. The standard InChI is InChI=1S/C14H18BrF3N4O/c1-20-4-6-21(7-5-20)10(23)8-22-12(9-2-3-9)11(15)13(19-22)14(16,17)18/h9H,2-8H2,1H3. The third kappa shape index (κ3) is 3.55. The second-order valence-electron chi connectivity index (χ2n) is 6.16. The lowest BCUT2D eigenvalue weighted by Gasteiger charge is -2.32. The van der Waals surface area contributed by atoms with Gasteiger partial charge in [-0.3, -0.25) is 9.48 Å². The van der Waals surface area contributed by atoms with E-state index in [1.807, 2.05) is 7.05 Å². The van der Waals surface area contributed by atoms with Gasteiger partial charge in [0.25, 0.3) is 0 Å². The summed E-state index contributed by atoms with van der Waals surface area (Å²) in [6.45, 7) is 2.62. The van der Waals surface area contributed by atoms with E-state index < -0.39 is 11.9 Å². The number of rotatable bonds is 3. The minimum atomic E-state index is -4.52. The minimum absolute atomic E-state index is 0.0151. The monoisotopic (exact) mass is 394 g/mol. The molecule has 0 unspecified atom stereocenters. The number of hydrogen-bond donors (Lipinski definition) is 0. The summed E-state index contributed by atoms with van der Waals surface area (Å²) in [5.74, 6) is -0.114. The molecule has 1 aliphatic heterocycles. The molecule has 0 aromatic carbocycles. The van der Waals surface area contributed by atoms with Gasteiger partial charge in [0.1, 0.15) is 6.54 Å². The maximum Gasteiger partial charge on any atom is 0.436 e. The fraction of sp³-hybridized carbons (Fsp3) is 0.714. The summed E-state index contributed by atoms with van der Waals surface area (Å²) in [5, 5.41) is 3.68. The molecule has 5 nitrogen and oxygen atoms in total. The van der Waals surface area contributed by atoms with Crippen LogP contribution in [0.25, 0.3) is 0 Å². The predicted molar refractivity (Wildman–Crippen MR) is 81.0 cm³/mol. The normalized spacial score (nSPS) is 20.1. The third-order valence-corrected chi connectivity index (χ3v) is 5.09. The number of piperazine rings is 1. The van der Waals surface area contributed by atoms with Gasteiger partial charge in [-0.2, -0.15) is 18.3 Å². The molecule has 0 atom stereocenters. The highest BCUT2D eigenvalue weighted by atomic mass is 79.9. The fourth-order valence-corrected chi connectivity index (χ4v) is 3.62. The van der Waals surface area contributed by atoms with E-state index in [9.17, 15) is 18.0 Å². The molecule has 2 heterocycles. The van der Waals surface area contributed by atoms with Crippen LogP contribution in [0.1, 0.15) is 30.1 Å². The van der Waals surface area contributed by atoms with Crippen LogP contribution >= 0.6 is 15.9 Å². The quantitative estimate of drug-likeness (QED) is 0.789. The van der Waals surface area contributed by atoms with Crippen molar-refractivity contribution in [2.75, 3.05) is 33.2 Å². The Hall–Kier alpha value is -1.09. The summed E-state index contributed by atoms with van der Waals surface area (Å²) >= 11 is 3.04. The Bertz CT molecular complexity index is 604. The number of carbonyl (C=O) groups is 1. The van der Waals surface area contributed by atoms with Crippen molar-refractivity contribution in [3.8, 4) is 0 Å². The fourth-order valence-electron chi connectivity index (χ4n) is 2.79. The third-order valence-electron chi connectivity index (χ3n) is 4.31. The molecule has 128 valence electrons. The van der Waals surface area contributed by atoms with Crippen LogP contribution in [0.4, 0.5) is 13.2 Å². The van der Waals surface area contributed by atoms with E-state index in [-0.39, 0.29) is 22.8 Å². The summed E-state index contributed by atoms with van der Waals surface area (Å²) in [7, 11) is 1.98. The molecule has 0 bridgehead atoms. The Balaban J connectivity index is 1.80. The van der Waals surface area contributed by atoms with Crippen LogP contribution in [0.3, 0.4) is 0 Å². The van der Waals surface area contributed by atoms with Crippen LogP contribution in [0.2, 0.25) is 0 Å². The summed E-state index contributed by atoms with van der Waals surface area (Å²) in [6.07, 6.45) is -2.85. The first-order chi connectivity index (χ1) is 10.8. The number of alkyl halides is 3. The van der Waals surface area contributed by atoms with Crippen molar-refractivity contribution in [3.63, 3.8) is 0 Å². The van der Waals surface area contributed by atoms with E-state index >= 15 is 0 Å². The average molecular weight is 395 g/mol. The number of carbonyl (C=O) groups excluding carboxylic acids is 1. The molecule has 23 heavy (non-hydrogen) atoms. The molecule has 1 aromatic rings. The molecule has 2 aliphatic rings. The SMILES string of the molecule is CN1CCN(C(=O)Cn2nc(C(F)(F)F)c(Br)c2C2CC2)CC1. The van der Waals surface area contributed by atoms with Crippen molar-refractivity contribution >= 4 is 21.8 Å². The van der Waals surface area contributed by atoms with E-state index in [4.69, 9.17) is 0 Å². The number of likely N-dealkylation sites (N-methyl/N-ethyl adjacent to an activating group) is 1. The maximum absolute atomic E-state index is 13.1. The zero-order valence-corrected chi connectivity index (χ0v) is 14.3. The van der Waals surface area contributed by atoms with Gasteiger partial charge in [-0.25, -0.2) is 0 Å². The van der Waals surface area contributed by atoms with Crippen LogP contribution in [0.15, 0.2) is 4.47 Å². The van der Waals surface area contributed by atoms with E-state index in [2.05, 4.69) is 25.9 Å². The lowest BCUT2D eigenvalue weighted by Crippen LogP contribution is -2.48. The van der Waals surface area contributed by atoms with Crippen molar-refractivity contribution in [2.45, 2.75) is 31.5 Å². The second-order valence-corrected chi connectivity index (χ2v) is 6.95. The molecule has 1 saturated heterocycles. The van der Waals surface area contributed by atoms with Gasteiger partial charge in [0.05, 0.1) is 10.2 Å². The molecule has 0 N–H and O–H groups in total. The van der Waals surface area contributed by atoms with Gasteiger partial charge in [-0.05, 0) is 35.8 Å². The van der Waals surface area contributed by atoms with Gasteiger partial charge in [0.15, 0.2) is 5.69 Å². The molecule has 1 aliphatic carbocycles. The second kappa shape index (κ2) is 6.08. The highest BCUT2D eigenvalue weighted by molar-refractivity contribution is 9.10. The van der Waals surface area contributed by atoms with Crippen molar-refractivity contribution in [1.29, 1.82) is 0 Å². The van der Waals surface area contributed by atoms with Gasteiger partial charge in [0.2, 0.25) is 5.91 Å². The van der Waals surface area contributed by atoms with Gasteiger partial charge in [-0.1, -0.05) is 0 Å². The van der Waals surface area contributed by atoms with Crippen LogP contribution in [0, 0.1) is 0 Å². The summed E-state index contributed by atoms with van der Waals surface area (Å²) in [5.41, 5.74) is -0.439. The smallest absolute Gasteiger partial charge is 0.339 e.